The predicted molar refractivity (Wildman–Crippen MR) is 94.6 cm³/mol. The summed E-state index contributed by atoms with van der Waals surface area (Å²) in [7, 11) is 0. The summed E-state index contributed by atoms with van der Waals surface area (Å²) in [5.41, 5.74) is 4.66. The molecule has 0 unspecified atom stereocenters. The zero-order chi connectivity index (χ0) is 17.4. The number of anilines is 1. The maximum absolute atomic E-state index is 12.6. The molecule has 1 aromatic heterocycles. The van der Waals surface area contributed by atoms with Crippen molar-refractivity contribution in [1.82, 2.24) is 15.5 Å². The number of nitrogens with zero attached hydrogens (tertiary/aromatic N) is 2. The Morgan fingerprint density at radius 3 is 2.80 bits per heavy atom. The van der Waals surface area contributed by atoms with Crippen LogP contribution in [0, 0.1) is 6.92 Å². The number of rotatable bonds is 3. The van der Waals surface area contributed by atoms with E-state index in [1.54, 1.807) is 4.90 Å². The van der Waals surface area contributed by atoms with Gasteiger partial charge in [-0.15, -0.1) is 0 Å². The topological polar surface area (TPSA) is 78.1 Å². The third-order valence-electron chi connectivity index (χ3n) is 5.08. The van der Waals surface area contributed by atoms with E-state index in [1.165, 1.54) is 0 Å². The van der Waals surface area contributed by atoms with Crippen molar-refractivity contribution >= 4 is 17.5 Å². The molecule has 2 aromatic rings. The predicted octanol–water partition coefficient (Wildman–Crippen LogP) is 2.13. The number of nitrogens with one attached hydrogen (secondary N) is 2. The van der Waals surface area contributed by atoms with Gasteiger partial charge in [0.2, 0.25) is 5.91 Å². The second-order valence-corrected chi connectivity index (χ2v) is 6.95. The van der Waals surface area contributed by atoms with Crippen molar-refractivity contribution in [3.8, 4) is 0 Å². The van der Waals surface area contributed by atoms with Gasteiger partial charge in [-0.25, -0.2) is 0 Å². The molecular formula is C19H22N4O2. The number of aromatic nitrogens is 2. The van der Waals surface area contributed by atoms with Crippen LogP contribution in [0.15, 0.2) is 24.3 Å². The highest BCUT2D eigenvalue weighted by atomic mass is 16.2. The Kier molecular flexibility index (Phi) is 4.03. The van der Waals surface area contributed by atoms with Crippen LogP contribution in [-0.2, 0) is 17.6 Å². The summed E-state index contributed by atoms with van der Waals surface area (Å²) < 4.78 is 0. The number of hydrogen-bond acceptors (Lipinski definition) is 3. The lowest BCUT2D eigenvalue weighted by Gasteiger charge is -2.17. The minimum absolute atomic E-state index is 0.0400. The van der Waals surface area contributed by atoms with Crippen molar-refractivity contribution in [3.05, 3.63) is 46.8 Å². The second-order valence-electron chi connectivity index (χ2n) is 6.95. The molecule has 2 heterocycles. The molecule has 25 heavy (non-hydrogen) atoms. The molecule has 1 atom stereocenters. The number of fused-ring (bicyclic) bond motifs is 1. The smallest absolute Gasteiger partial charge is 0.272 e. The lowest BCUT2D eigenvalue weighted by atomic mass is 9.95. The van der Waals surface area contributed by atoms with Gasteiger partial charge in [-0.3, -0.25) is 14.7 Å². The third-order valence-corrected chi connectivity index (χ3v) is 5.08. The molecule has 1 aliphatic carbocycles. The summed E-state index contributed by atoms with van der Waals surface area (Å²) >= 11 is 0. The molecule has 4 rings (SSSR count). The zero-order valence-corrected chi connectivity index (χ0v) is 14.3. The molecule has 0 spiro atoms. The number of hydrogen-bond donors (Lipinski definition) is 2. The van der Waals surface area contributed by atoms with Gasteiger partial charge in [0, 0.05) is 29.9 Å². The van der Waals surface area contributed by atoms with Crippen molar-refractivity contribution in [3.63, 3.8) is 0 Å². The summed E-state index contributed by atoms with van der Waals surface area (Å²) in [5, 5.41) is 10.2. The van der Waals surface area contributed by atoms with Gasteiger partial charge < -0.3 is 10.2 Å². The normalized spacial score (nSPS) is 19.8. The Hall–Kier alpha value is -2.63. The van der Waals surface area contributed by atoms with Crippen LogP contribution in [0.3, 0.4) is 0 Å². The van der Waals surface area contributed by atoms with E-state index in [9.17, 15) is 9.59 Å². The van der Waals surface area contributed by atoms with Gasteiger partial charge in [0.05, 0.1) is 6.04 Å². The summed E-state index contributed by atoms with van der Waals surface area (Å²) in [6.45, 7) is 2.52. The Morgan fingerprint density at radius 1 is 1.24 bits per heavy atom. The highest BCUT2D eigenvalue weighted by Crippen LogP contribution is 2.24. The van der Waals surface area contributed by atoms with Gasteiger partial charge in [0.25, 0.3) is 5.91 Å². The van der Waals surface area contributed by atoms with Crippen molar-refractivity contribution in [2.45, 2.75) is 45.1 Å². The van der Waals surface area contributed by atoms with Gasteiger partial charge in [-0.1, -0.05) is 17.7 Å². The van der Waals surface area contributed by atoms with E-state index in [1.807, 2.05) is 31.2 Å². The molecule has 6 heteroatoms. The first-order valence-corrected chi connectivity index (χ1v) is 8.86. The molecule has 6 nitrogen and oxygen atoms in total. The van der Waals surface area contributed by atoms with Crippen LogP contribution >= 0.6 is 0 Å². The maximum atomic E-state index is 12.6. The van der Waals surface area contributed by atoms with E-state index >= 15 is 0 Å². The van der Waals surface area contributed by atoms with Crippen LogP contribution in [0.1, 0.15) is 46.6 Å². The summed E-state index contributed by atoms with van der Waals surface area (Å²) in [6.07, 6.45) is 4.41. The number of carbonyl (C=O) groups excluding carboxylic acids is 2. The maximum Gasteiger partial charge on any atom is 0.272 e. The second kappa shape index (κ2) is 6.35. The van der Waals surface area contributed by atoms with E-state index in [0.29, 0.717) is 18.7 Å². The van der Waals surface area contributed by atoms with E-state index in [4.69, 9.17) is 0 Å². The average molecular weight is 338 g/mol. The monoisotopic (exact) mass is 338 g/mol. The van der Waals surface area contributed by atoms with Crippen LogP contribution in [0.2, 0.25) is 0 Å². The van der Waals surface area contributed by atoms with Crippen LogP contribution < -0.4 is 10.2 Å². The first kappa shape index (κ1) is 15.9. The molecule has 0 bridgehead atoms. The molecule has 2 N–H and O–H groups in total. The minimum Gasteiger partial charge on any atom is -0.346 e. The zero-order valence-electron chi connectivity index (χ0n) is 14.3. The van der Waals surface area contributed by atoms with Crippen LogP contribution in [0.4, 0.5) is 5.69 Å². The number of carbonyl (C=O) groups is 2. The van der Waals surface area contributed by atoms with E-state index < -0.39 is 0 Å². The Morgan fingerprint density at radius 2 is 2.00 bits per heavy atom. The summed E-state index contributed by atoms with van der Waals surface area (Å²) in [4.78, 5) is 26.7. The fraction of sp³-hybridized carbons (Fsp3) is 0.421. The standard InChI is InChI=1S/C19H22N4O2/c1-12-6-8-14(9-7-12)23-11-13(10-17(23)24)20-19(25)18-15-4-2-3-5-16(15)21-22-18/h6-9,13H,2-5,10-11H2,1H3,(H,20,25)(H,21,22)/t13-/m1/s1. The molecular weight excluding hydrogens is 316 g/mol. The average Bonchev–Trinajstić information content (AvgIpc) is 3.19. The van der Waals surface area contributed by atoms with Crippen LogP contribution in [0.5, 0.6) is 0 Å². The quantitative estimate of drug-likeness (QED) is 0.900. The minimum atomic E-state index is -0.183. The van der Waals surface area contributed by atoms with E-state index in [0.717, 1.165) is 48.2 Å². The SMILES string of the molecule is Cc1ccc(N2C[C@H](NC(=O)c3n[nH]c4c3CCCC4)CC2=O)cc1. The molecule has 1 fully saturated rings. The van der Waals surface area contributed by atoms with Gasteiger partial charge in [0.1, 0.15) is 0 Å². The number of amides is 2. The molecule has 2 amide bonds. The number of H-pyrrole nitrogens is 1. The van der Waals surface area contributed by atoms with Crippen molar-refractivity contribution < 1.29 is 9.59 Å². The van der Waals surface area contributed by atoms with Crippen LogP contribution in [-0.4, -0.2) is 34.6 Å². The van der Waals surface area contributed by atoms with Gasteiger partial charge in [-0.05, 0) is 44.7 Å². The molecule has 130 valence electrons. The lowest BCUT2D eigenvalue weighted by molar-refractivity contribution is -0.117. The fourth-order valence-corrected chi connectivity index (χ4v) is 3.70. The Bertz CT molecular complexity index is 809. The van der Waals surface area contributed by atoms with Gasteiger partial charge >= 0.3 is 0 Å². The first-order valence-electron chi connectivity index (χ1n) is 8.86. The lowest BCUT2D eigenvalue weighted by Crippen LogP contribution is -2.37. The largest absolute Gasteiger partial charge is 0.346 e. The highest BCUT2D eigenvalue weighted by Gasteiger charge is 2.33. The van der Waals surface area contributed by atoms with Crippen LogP contribution in [0.25, 0.3) is 0 Å². The van der Waals surface area contributed by atoms with Crippen molar-refractivity contribution in [2.24, 2.45) is 0 Å². The Balaban J connectivity index is 1.45. The van der Waals surface area contributed by atoms with E-state index in [2.05, 4.69) is 15.5 Å². The summed E-state index contributed by atoms with van der Waals surface area (Å²) in [6, 6.07) is 7.69. The number of benzene rings is 1. The molecule has 1 aliphatic heterocycles. The van der Waals surface area contributed by atoms with E-state index in [-0.39, 0.29) is 17.9 Å². The first-order chi connectivity index (χ1) is 12.1. The number of aryl methyl sites for hydroxylation is 2. The highest BCUT2D eigenvalue weighted by molar-refractivity contribution is 5.98. The fourth-order valence-electron chi connectivity index (χ4n) is 3.70. The molecule has 2 aliphatic rings. The van der Waals surface area contributed by atoms with Crippen molar-refractivity contribution in [1.29, 1.82) is 0 Å². The molecule has 1 saturated heterocycles. The van der Waals surface area contributed by atoms with Crippen molar-refractivity contribution in [2.75, 3.05) is 11.4 Å². The molecule has 0 radical (unpaired) electrons. The third kappa shape index (κ3) is 3.04. The van der Waals surface area contributed by atoms with Gasteiger partial charge in [0.15, 0.2) is 5.69 Å². The molecule has 0 saturated carbocycles. The summed E-state index contributed by atoms with van der Waals surface area (Å²) in [5.74, 6) is -0.138. The number of aromatic amines is 1. The molecule has 1 aromatic carbocycles. The van der Waals surface area contributed by atoms with Gasteiger partial charge in [-0.2, -0.15) is 5.10 Å². The Labute approximate surface area is 146 Å².